The van der Waals surface area contributed by atoms with E-state index in [0.717, 1.165) is 20.8 Å². The topological polar surface area (TPSA) is 278 Å². The van der Waals surface area contributed by atoms with Crippen LogP contribution in [0.25, 0.3) is 0 Å². The third kappa shape index (κ3) is 14.8. The second-order valence-corrected chi connectivity index (χ2v) is 19.4. The van der Waals surface area contributed by atoms with Gasteiger partial charge in [-0.2, -0.15) is 0 Å². The standard InChI is InChI=1S/C60H60O23/c1-33(61)70-30-42-46(73-34(2)62)50(51(74-35(3)63)59(76-42)82-48-44(64)45-41(75-58(48)69-4)32-72-57(81-45)40-28-18-9-19-29-40)83-60-52(80-56(68)39-26-16-8-17-27-39)49(79-55(67)38-24-14-7-15-25-38)47(78-54(66)37-22-12-6-13-23-37)43(77-60)31-71-53(65)36-20-10-5-11-21-36/h5-29,41-52,57-60,64H,30-32H2,1-4H3/t41-,42-,43-,44+,45-,46-,47-,48-,49+,50+,51-,52-,57?,58-,59+,60+/m1/s1. The first-order valence-electron chi connectivity index (χ1n) is 26.4. The maximum atomic E-state index is 14.5. The van der Waals surface area contributed by atoms with Crippen LogP contribution in [0.2, 0.25) is 0 Å². The number of fused-ring (bicyclic) bond motifs is 1. The van der Waals surface area contributed by atoms with Gasteiger partial charge in [-0.1, -0.05) is 103 Å². The van der Waals surface area contributed by atoms with Crippen LogP contribution in [0.5, 0.6) is 0 Å². The van der Waals surface area contributed by atoms with Crippen LogP contribution in [0.15, 0.2) is 152 Å². The van der Waals surface area contributed by atoms with E-state index in [1.807, 2.05) is 6.07 Å². The zero-order chi connectivity index (χ0) is 58.6. The zero-order valence-corrected chi connectivity index (χ0v) is 45.2. The zero-order valence-electron chi connectivity index (χ0n) is 45.2. The Bertz CT molecular complexity index is 2990. The molecule has 0 radical (unpaired) electrons. The minimum absolute atomic E-state index is 0.0105. The summed E-state index contributed by atoms with van der Waals surface area (Å²) in [4.78, 5) is 96.2. The summed E-state index contributed by atoms with van der Waals surface area (Å²) in [7, 11) is 1.28. The molecule has 4 aliphatic rings. The van der Waals surface area contributed by atoms with E-state index in [9.17, 15) is 38.7 Å². The van der Waals surface area contributed by atoms with Crippen molar-refractivity contribution in [2.24, 2.45) is 0 Å². The predicted octanol–water partition coefficient (Wildman–Crippen LogP) is 5.01. The fourth-order valence-electron chi connectivity index (χ4n) is 9.75. The molecule has 0 aliphatic carbocycles. The number of rotatable bonds is 19. The van der Waals surface area contributed by atoms with Crippen LogP contribution in [-0.4, -0.2) is 166 Å². The molecule has 4 fully saturated rings. The normalized spacial score (nSPS) is 29.3. The van der Waals surface area contributed by atoms with Gasteiger partial charge in [0.15, 0.2) is 55.7 Å². The number of carbonyl (C=O) groups excluding carboxylic acids is 7. The molecule has 0 bridgehead atoms. The van der Waals surface area contributed by atoms with Gasteiger partial charge in [0.2, 0.25) is 0 Å². The lowest BCUT2D eigenvalue weighted by atomic mass is 9.95. The minimum atomic E-state index is -2.11. The molecule has 4 aliphatic heterocycles. The molecule has 16 atom stereocenters. The largest absolute Gasteiger partial charge is 0.463 e. The molecular formula is C60H60O23. The first-order chi connectivity index (χ1) is 40.1. The summed E-state index contributed by atoms with van der Waals surface area (Å²) >= 11 is 0. The highest BCUT2D eigenvalue weighted by Crippen LogP contribution is 2.40. The molecule has 0 amide bonds. The summed E-state index contributed by atoms with van der Waals surface area (Å²) in [6.45, 7) is 1.66. The molecule has 23 heteroatoms. The monoisotopic (exact) mass is 1150 g/mol. The Morgan fingerprint density at radius 3 is 1.33 bits per heavy atom. The van der Waals surface area contributed by atoms with Gasteiger partial charge < -0.3 is 76.2 Å². The molecule has 438 valence electrons. The summed E-state index contributed by atoms with van der Waals surface area (Å²) in [6, 6.07) is 39.6. The van der Waals surface area contributed by atoms with Crippen molar-refractivity contribution in [2.45, 2.75) is 119 Å². The van der Waals surface area contributed by atoms with Gasteiger partial charge in [-0.25, -0.2) is 19.2 Å². The predicted molar refractivity (Wildman–Crippen MR) is 280 cm³/mol. The van der Waals surface area contributed by atoms with Crippen LogP contribution in [0, 0.1) is 0 Å². The summed E-state index contributed by atoms with van der Waals surface area (Å²) in [5, 5.41) is 12.2. The first kappa shape index (κ1) is 59.6. The number of methoxy groups -OCH3 is 1. The van der Waals surface area contributed by atoms with E-state index in [0.29, 0.717) is 5.56 Å². The molecular weight excluding hydrogens is 1090 g/mol. The molecule has 1 unspecified atom stereocenters. The fourth-order valence-corrected chi connectivity index (χ4v) is 9.75. The molecule has 9 rings (SSSR count). The van der Waals surface area contributed by atoms with E-state index in [1.54, 1.807) is 97.1 Å². The average molecular weight is 1150 g/mol. The van der Waals surface area contributed by atoms with Crippen LogP contribution in [0.3, 0.4) is 0 Å². The van der Waals surface area contributed by atoms with Gasteiger partial charge in [0, 0.05) is 33.4 Å². The Hall–Kier alpha value is -7.97. The van der Waals surface area contributed by atoms with Gasteiger partial charge in [-0.3, -0.25) is 14.4 Å². The lowest BCUT2D eigenvalue weighted by molar-refractivity contribution is -0.399. The summed E-state index contributed by atoms with van der Waals surface area (Å²) < 4.78 is 92.5. The Kier molecular flexibility index (Phi) is 20.0. The van der Waals surface area contributed by atoms with Crippen molar-refractivity contribution >= 4 is 41.8 Å². The average Bonchev–Trinajstić information content (AvgIpc) is 3.19. The summed E-state index contributed by atoms with van der Waals surface area (Å²) in [5.41, 5.74) is 0.724. The van der Waals surface area contributed by atoms with Gasteiger partial charge in [-0.05, 0) is 48.5 Å². The molecule has 0 aromatic heterocycles. The van der Waals surface area contributed by atoms with Crippen molar-refractivity contribution in [3.8, 4) is 0 Å². The van der Waals surface area contributed by atoms with Gasteiger partial charge in [-0.15, -0.1) is 0 Å². The highest BCUT2D eigenvalue weighted by molar-refractivity contribution is 5.91. The second-order valence-electron chi connectivity index (χ2n) is 19.4. The third-order valence-corrected chi connectivity index (χ3v) is 13.6. The Morgan fingerprint density at radius 2 is 0.843 bits per heavy atom. The number of aliphatic hydroxyl groups excluding tert-OH is 1. The van der Waals surface area contributed by atoms with Gasteiger partial charge in [0.05, 0.1) is 28.9 Å². The van der Waals surface area contributed by atoms with E-state index >= 15 is 0 Å². The van der Waals surface area contributed by atoms with Crippen LogP contribution in [0.4, 0.5) is 0 Å². The van der Waals surface area contributed by atoms with Crippen molar-refractivity contribution in [1.29, 1.82) is 0 Å². The molecule has 5 aromatic rings. The first-order valence-corrected chi connectivity index (χ1v) is 26.4. The molecule has 1 N–H and O–H groups in total. The minimum Gasteiger partial charge on any atom is -0.463 e. The molecule has 4 saturated heterocycles. The lowest BCUT2D eigenvalue weighted by Gasteiger charge is -2.51. The smallest absolute Gasteiger partial charge is 0.338 e. The second kappa shape index (κ2) is 27.9. The Labute approximate surface area is 475 Å². The third-order valence-electron chi connectivity index (χ3n) is 13.6. The number of aliphatic hydroxyl groups is 1. The maximum absolute atomic E-state index is 14.5. The number of hydrogen-bond acceptors (Lipinski definition) is 23. The Balaban J connectivity index is 1.16. The molecule has 83 heavy (non-hydrogen) atoms. The van der Waals surface area contributed by atoms with Crippen molar-refractivity contribution in [3.05, 3.63) is 179 Å². The number of carbonyl (C=O) groups is 7. The van der Waals surface area contributed by atoms with Crippen molar-refractivity contribution in [2.75, 3.05) is 26.9 Å². The van der Waals surface area contributed by atoms with E-state index in [1.165, 1.54) is 55.6 Å². The van der Waals surface area contributed by atoms with Crippen LogP contribution < -0.4 is 0 Å². The van der Waals surface area contributed by atoms with E-state index in [2.05, 4.69) is 0 Å². The molecule has 23 nitrogen and oxygen atoms in total. The lowest BCUT2D eigenvalue weighted by Crippen LogP contribution is -2.69. The van der Waals surface area contributed by atoms with Crippen molar-refractivity contribution < 1.29 is 110 Å². The molecule has 0 spiro atoms. The van der Waals surface area contributed by atoms with Crippen molar-refractivity contribution in [1.82, 2.24) is 0 Å². The number of benzene rings is 5. The van der Waals surface area contributed by atoms with Crippen molar-refractivity contribution in [3.63, 3.8) is 0 Å². The van der Waals surface area contributed by atoms with Crippen LogP contribution in [0.1, 0.15) is 74.1 Å². The van der Waals surface area contributed by atoms with E-state index < -0.39 is 153 Å². The van der Waals surface area contributed by atoms with Gasteiger partial charge >= 0.3 is 41.8 Å². The summed E-state index contributed by atoms with van der Waals surface area (Å²) in [6.07, 6.45) is -26.3. The molecule has 5 aromatic carbocycles. The maximum Gasteiger partial charge on any atom is 0.338 e. The SMILES string of the molecule is CO[C@@H]1O[C@@H]2COC(c3ccccc3)O[C@H]2[C@H](O)[C@H]1O[C@@H]1O[C@H](COC(C)=O)[C@@H](OC(C)=O)[C@H](O[C@@H]2O[C@H](COC(=O)c3ccccc3)[C@@H](OC(=O)c3ccccc3)[C@H](OC(=O)c3ccccc3)[C@H]2OC(=O)c2ccccc2)[C@H]1OC(C)=O. The Morgan fingerprint density at radius 1 is 0.434 bits per heavy atom. The summed E-state index contributed by atoms with van der Waals surface area (Å²) in [5.74, 6) is -6.69. The molecule has 0 saturated carbocycles. The van der Waals surface area contributed by atoms with E-state index in [4.69, 9.17) is 71.1 Å². The molecule has 4 heterocycles. The number of hydrogen-bond donors (Lipinski definition) is 1. The van der Waals surface area contributed by atoms with E-state index in [-0.39, 0.29) is 28.9 Å². The van der Waals surface area contributed by atoms with Crippen LogP contribution in [-0.2, 0) is 85.4 Å². The fraction of sp³-hybridized carbons (Fsp3) is 0.383. The van der Waals surface area contributed by atoms with Gasteiger partial charge in [0.1, 0.15) is 55.9 Å². The number of ether oxygens (including phenoxy) is 15. The quantitative estimate of drug-likeness (QED) is 0.0840. The highest BCUT2D eigenvalue weighted by Gasteiger charge is 2.60. The van der Waals surface area contributed by atoms with Gasteiger partial charge in [0.25, 0.3) is 0 Å². The number of esters is 7. The highest BCUT2D eigenvalue weighted by atomic mass is 16.8. The van der Waals surface area contributed by atoms with Crippen LogP contribution >= 0.6 is 0 Å².